The molecule has 18 heavy (non-hydrogen) atoms. The van der Waals surface area contributed by atoms with Gasteiger partial charge in [-0.3, -0.25) is 0 Å². The van der Waals surface area contributed by atoms with E-state index in [9.17, 15) is 4.79 Å². The van der Waals surface area contributed by atoms with Gasteiger partial charge in [0.25, 0.3) is 0 Å². The molecule has 1 aromatic carbocycles. The van der Waals surface area contributed by atoms with Crippen molar-refractivity contribution in [3.8, 4) is 0 Å². The van der Waals surface area contributed by atoms with Crippen molar-refractivity contribution in [3.63, 3.8) is 0 Å². The lowest BCUT2D eigenvalue weighted by Crippen LogP contribution is -2.33. The second kappa shape index (κ2) is 6.64. The topological polar surface area (TPSA) is 41.1 Å². The van der Waals surface area contributed by atoms with Crippen LogP contribution >= 0.6 is 11.6 Å². The normalized spacial score (nSPS) is 12.9. The number of alkyl halides is 1. The van der Waals surface area contributed by atoms with Crippen LogP contribution < -0.4 is 10.6 Å². The molecule has 4 heteroatoms. The number of urea groups is 1. The standard InChI is InChI=1S/C14H21ClN2O/c1-11(9-14(2,3)15)10-16-13(18)17-12-7-5-4-6-8-12/h4-8,11H,9-10H2,1-3H3,(H2,16,17,18). The third-order valence-corrected chi connectivity index (χ3v) is 2.63. The minimum absolute atomic E-state index is 0.180. The zero-order valence-electron chi connectivity index (χ0n) is 11.2. The second-order valence-electron chi connectivity index (χ2n) is 5.23. The molecule has 1 atom stereocenters. The molecule has 0 saturated heterocycles. The molecule has 0 heterocycles. The van der Waals surface area contributed by atoms with Crippen molar-refractivity contribution >= 4 is 23.3 Å². The van der Waals surface area contributed by atoms with Crippen molar-refractivity contribution in [1.82, 2.24) is 5.32 Å². The van der Waals surface area contributed by atoms with Crippen LogP contribution in [0.1, 0.15) is 27.2 Å². The van der Waals surface area contributed by atoms with Crippen LogP contribution in [0.15, 0.2) is 30.3 Å². The molecule has 3 nitrogen and oxygen atoms in total. The summed E-state index contributed by atoms with van der Waals surface area (Å²) in [5.41, 5.74) is 0.792. The van der Waals surface area contributed by atoms with E-state index >= 15 is 0 Å². The minimum atomic E-state index is -0.225. The lowest BCUT2D eigenvalue weighted by atomic mass is 9.98. The molecule has 1 aromatic rings. The fraction of sp³-hybridized carbons (Fsp3) is 0.500. The van der Waals surface area contributed by atoms with Gasteiger partial charge in [0.1, 0.15) is 0 Å². The summed E-state index contributed by atoms with van der Waals surface area (Å²) in [5.74, 6) is 0.346. The van der Waals surface area contributed by atoms with Crippen LogP contribution in [0.25, 0.3) is 0 Å². The molecule has 0 radical (unpaired) electrons. The molecule has 0 aromatic heterocycles. The number of hydrogen-bond acceptors (Lipinski definition) is 1. The van der Waals surface area contributed by atoms with Gasteiger partial charge in [-0.1, -0.05) is 25.1 Å². The van der Waals surface area contributed by atoms with Gasteiger partial charge in [0, 0.05) is 17.1 Å². The quantitative estimate of drug-likeness (QED) is 0.783. The Hall–Kier alpha value is -1.22. The number of amides is 2. The molecule has 0 fully saturated rings. The molecule has 100 valence electrons. The zero-order chi connectivity index (χ0) is 13.6. The van der Waals surface area contributed by atoms with Crippen LogP contribution in [-0.2, 0) is 0 Å². The number of anilines is 1. The molecule has 0 aliphatic carbocycles. The van der Waals surface area contributed by atoms with E-state index in [1.807, 2.05) is 44.2 Å². The molecule has 0 bridgehead atoms. The number of hydrogen-bond donors (Lipinski definition) is 2. The molecule has 0 aliphatic rings. The maximum absolute atomic E-state index is 11.6. The third kappa shape index (κ3) is 6.50. The second-order valence-corrected chi connectivity index (χ2v) is 6.25. The molecule has 0 spiro atoms. The van der Waals surface area contributed by atoms with Crippen LogP contribution in [0.2, 0.25) is 0 Å². The average molecular weight is 269 g/mol. The third-order valence-electron chi connectivity index (χ3n) is 2.48. The SMILES string of the molecule is CC(CNC(=O)Nc1ccccc1)CC(C)(C)Cl. The highest BCUT2D eigenvalue weighted by atomic mass is 35.5. The Morgan fingerprint density at radius 2 is 1.94 bits per heavy atom. The molecule has 0 aliphatic heterocycles. The molecule has 2 amide bonds. The van der Waals surface area contributed by atoms with Crippen molar-refractivity contribution in [1.29, 1.82) is 0 Å². The zero-order valence-corrected chi connectivity index (χ0v) is 11.9. The van der Waals surface area contributed by atoms with Crippen molar-refractivity contribution in [2.75, 3.05) is 11.9 Å². The fourth-order valence-electron chi connectivity index (χ4n) is 1.86. The maximum Gasteiger partial charge on any atom is 0.319 e. The van der Waals surface area contributed by atoms with E-state index in [0.29, 0.717) is 12.5 Å². The van der Waals surface area contributed by atoms with E-state index in [1.54, 1.807) is 0 Å². The first-order chi connectivity index (χ1) is 8.37. The Morgan fingerprint density at radius 1 is 1.33 bits per heavy atom. The number of halogens is 1. The number of para-hydroxylation sites is 1. The summed E-state index contributed by atoms with van der Waals surface area (Å²) in [6.07, 6.45) is 0.861. The fourth-order valence-corrected chi connectivity index (χ4v) is 2.13. The summed E-state index contributed by atoms with van der Waals surface area (Å²) in [6.45, 7) is 6.66. The van der Waals surface area contributed by atoms with E-state index in [2.05, 4.69) is 17.6 Å². The molecular weight excluding hydrogens is 248 g/mol. The summed E-state index contributed by atoms with van der Waals surface area (Å²) >= 11 is 6.14. The van der Waals surface area contributed by atoms with Crippen LogP contribution in [0, 0.1) is 5.92 Å². The number of rotatable bonds is 5. The maximum atomic E-state index is 11.6. The number of carbonyl (C=O) groups excluding carboxylic acids is 1. The van der Waals surface area contributed by atoms with Gasteiger partial charge in [0.05, 0.1) is 0 Å². The lowest BCUT2D eigenvalue weighted by Gasteiger charge is -2.21. The molecule has 1 rings (SSSR count). The largest absolute Gasteiger partial charge is 0.338 e. The monoisotopic (exact) mass is 268 g/mol. The molecular formula is C14H21ClN2O. The number of carbonyl (C=O) groups is 1. The number of nitrogens with one attached hydrogen (secondary N) is 2. The van der Waals surface area contributed by atoms with Gasteiger partial charge in [0.2, 0.25) is 0 Å². The summed E-state index contributed by atoms with van der Waals surface area (Å²) in [6, 6.07) is 9.20. The van der Waals surface area contributed by atoms with Crippen molar-refractivity contribution in [3.05, 3.63) is 30.3 Å². The lowest BCUT2D eigenvalue weighted by molar-refractivity contribution is 0.250. The highest BCUT2D eigenvalue weighted by Crippen LogP contribution is 2.22. The minimum Gasteiger partial charge on any atom is -0.338 e. The smallest absolute Gasteiger partial charge is 0.319 e. The van der Waals surface area contributed by atoms with Gasteiger partial charge in [-0.25, -0.2) is 4.79 Å². The van der Waals surface area contributed by atoms with Gasteiger partial charge in [-0.2, -0.15) is 0 Å². The Balaban J connectivity index is 2.29. The first kappa shape index (κ1) is 14.8. The highest BCUT2D eigenvalue weighted by molar-refractivity contribution is 6.23. The Labute approximate surface area is 114 Å². The van der Waals surface area contributed by atoms with Crippen LogP contribution in [0.3, 0.4) is 0 Å². The molecule has 0 saturated carbocycles. The summed E-state index contributed by atoms with van der Waals surface area (Å²) in [4.78, 5) is 11.4. The predicted octanol–water partition coefficient (Wildman–Crippen LogP) is 3.85. The van der Waals surface area contributed by atoms with E-state index in [0.717, 1.165) is 12.1 Å². The van der Waals surface area contributed by atoms with E-state index in [-0.39, 0.29) is 10.9 Å². The van der Waals surface area contributed by atoms with Gasteiger partial charge < -0.3 is 10.6 Å². The van der Waals surface area contributed by atoms with Gasteiger partial charge in [0.15, 0.2) is 0 Å². The van der Waals surface area contributed by atoms with Crippen LogP contribution in [0.5, 0.6) is 0 Å². The predicted molar refractivity (Wildman–Crippen MR) is 77.2 cm³/mol. The van der Waals surface area contributed by atoms with Crippen LogP contribution in [-0.4, -0.2) is 17.5 Å². The Kier molecular flexibility index (Phi) is 5.48. The summed E-state index contributed by atoms with van der Waals surface area (Å²) < 4.78 is 0. The summed E-state index contributed by atoms with van der Waals surface area (Å²) in [5, 5.41) is 5.62. The first-order valence-electron chi connectivity index (χ1n) is 6.15. The van der Waals surface area contributed by atoms with E-state index in [4.69, 9.17) is 11.6 Å². The van der Waals surface area contributed by atoms with E-state index < -0.39 is 0 Å². The highest BCUT2D eigenvalue weighted by Gasteiger charge is 2.17. The number of benzene rings is 1. The average Bonchev–Trinajstić information content (AvgIpc) is 2.25. The first-order valence-corrected chi connectivity index (χ1v) is 6.53. The van der Waals surface area contributed by atoms with Crippen molar-refractivity contribution in [2.45, 2.75) is 32.1 Å². The molecule has 2 N–H and O–H groups in total. The molecule has 1 unspecified atom stereocenters. The van der Waals surface area contributed by atoms with E-state index in [1.165, 1.54) is 0 Å². The van der Waals surface area contributed by atoms with Gasteiger partial charge >= 0.3 is 6.03 Å². The Morgan fingerprint density at radius 3 is 2.50 bits per heavy atom. The Bertz CT molecular complexity index is 373. The van der Waals surface area contributed by atoms with Crippen molar-refractivity contribution < 1.29 is 4.79 Å². The van der Waals surface area contributed by atoms with Gasteiger partial charge in [-0.15, -0.1) is 11.6 Å². The van der Waals surface area contributed by atoms with Gasteiger partial charge in [-0.05, 0) is 38.3 Å². The van der Waals surface area contributed by atoms with Crippen LogP contribution in [0.4, 0.5) is 10.5 Å². The summed E-state index contributed by atoms with van der Waals surface area (Å²) in [7, 11) is 0. The van der Waals surface area contributed by atoms with Crippen molar-refractivity contribution in [2.24, 2.45) is 5.92 Å².